The van der Waals surface area contributed by atoms with Crippen molar-refractivity contribution in [1.29, 1.82) is 0 Å². The Bertz CT molecular complexity index is 563. The molecule has 0 radical (unpaired) electrons. The van der Waals surface area contributed by atoms with Gasteiger partial charge in [-0.05, 0) is 25.2 Å². The number of aliphatic carboxylic acids is 1. The average molecular weight is 261 g/mol. The summed E-state index contributed by atoms with van der Waals surface area (Å²) in [6, 6.07) is 1.59. The number of carbonyl (C=O) groups is 2. The highest BCUT2D eigenvalue weighted by Crippen LogP contribution is 2.48. The minimum Gasteiger partial charge on any atom is -0.550 e. The second kappa shape index (κ2) is 4.22. The molecule has 6 heteroatoms. The number of carboxylic acid groups (broad SMARTS) is 1. The van der Waals surface area contributed by atoms with Gasteiger partial charge in [-0.25, -0.2) is 0 Å². The molecular formula is C13H13N2O4-. The minimum absolute atomic E-state index is 0.0269. The van der Waals surface area contributed by atoms with Gasteiger partial charge in [-0.15, -0.1) is 0 Å². The average Bonchev–Trinajstić information content (AvgIpc) is 3.03. The van der Waals surface area contributed by atoms with Gasteiger partial charge in [0.2, 0.25) is 5.91 Å². The molecule has 0 unspecified atom stereocenters. The van der Waals surface area contributed by atoms with Gasteiger partial charge in [0.15, 0.2) is 5.82 Å². The number of allylic oxidation sites excluding steroid dienone is 2. The quantitative estimate of drug-likeness (QED) is 0.779. The molecule has 3 rings (SSSR count). The number of fused-ring (bicyclic) bond motifs is 2. The molecule has 0 aromatic carbocycles. The predicted molar refractivity (Wildman–Crippen MR) is 62.6 cm³/mol. The molecule has 0 aliphatic heterocycles. The van der Waals surface area contributed by atoms with Gasteiger partial charge in [-0.2, -0.15) is 0 Å². The molecule has 2 bridgehead atoms. The van der Waals surface area contributed by atoms with E-state index < -0.39 is 17.8 Å². The van der Waals surface area contributed by atoms with Crippen molar-refractivity contribution in [3.05, 3.63) is 24.0 Å². The maximum atomic E-state index is 12.2. The molecule has 100 valence electrons. The number of carbonyl (C=O) groups excluding carboxylic acids is 2. The van der Waals surface area contributed by atoms with Crippen molar-refractivity contribution in [3.8, 4) is 0 Å². The summed E-state index contributed by atoms with van der Waals surface area (Å²) in [6.45, 7) is 1.72. The zero-order valence-corrected chi connectivity index (χ0v) is 10.3. The Morgan fingerprint density at radius 2 is 2.05 bits per heavy atom. The van der Waals surface area contributed by atoms with E-state index in [2.05, 4.69) is 10.5 Å². The number of hydrogen-bond donors (Lipinski definition) is 1. The second-order valence-electron chi connectivity index (χ2n) is 5.13. The van der Waals surface area contributed by atoms with E-state index in [4.69, 9.17) is 4.52 Å². The van der Waals surface area contributed by atoms with Crippen LogP contribution >= 0.6 is 0 Å². The van der Waals surface area contributed by atoms with Crippen LogP contribution in [0.15, 0.2) is 22.7 Å². The van der Waals surface area contributed by atoms with E-state index in [-0.39, 0.29) is 17.7 Å². The van der Waals surface area contributed by atoms with Crippen molar-refractivity contribution in [2.45, 2.75) is 13.3 Å². The lowest BCUT2D eigenvalue weighted by atomic mass is 9.82. The molecule has 1 saturated carbocycles. The third-order valence-electron chi connectivity index (χ3n) is 3.91. The largest absolute Gasteiger partial charge is 0.550 e. The van der Waals surface area contributed by atoms with Gasteiger partial charge in [-0.1, -0.05) is 17.3 Å². The first-order chi connectivity index (χ1) is 9.06. The Labute approximate surface area is 109 Å². The van der Waals surface area contributed by atoms with E-state index >= 15 is 0 Å². The molecule has 1 heterocycles. The second-order valence-corrected chi connectivity index (χ2v) is 5.13. The number of nitrogens with one attached hydrogen (secondary N) is 1. The van der Waals surface area contributed by atoms with Gasteiger partial charge >= 0.3 is 0 Å². The normalized spacial score (nSPS) is 31.6. The number of aromatic nitrogens is 1. The molecule has 1 amide bonds. The van der Waals surface area contributed by atoms with Crippen molar-refractivity contribution in [3.63, 3.8) is 0 Å². The fourth-order valence-electron chi connectivity index (χ4n) is 3.14. The molecule has 4 atom stereocenters. The van der Waals surface area contributed by atoms with Crippen molar-refractivity contribution in [2.75, 3.05) is 5.32 Å². The first kappa shape index (κ1) is 12.0. The number of amides is 1. The van der Waals surface area contributed by atoms with E-state index in [1.54, 1.807) is 13.0 Å². The zero-order chi connectivity index (χ0) is 13.6. The molecule has 19 heavy (non-hydrogen) atoms. The first-order valence-electron chi connectivity index (χ1n) is 6.19. The molecule has 1 aromatic rings. The Balaban J connectivity index is 1.79. The molecule has 2 aliphatic rings. The van der Waals surface area contributed by atoms with Gasteiger partial charge < -0.3 is 19.7 Å². The van der Waals surface area contributed by atoms with Crippen LogP contribution in [0.5, 0.6) is 0 Å². The van der Waals surface area contributed by atoms with Crippen LogP contribution in [0, 0.1) is 30.6 Å². The Morgan fingerprint density at radius 3 is 2.63 bits per heavy atom. The van der Waals surface area contributed by atoms with Crippen LogP contribution in [-0.2, 0) is 9.59 Å². The van der Waals surface area contributed by atoms with Crippen LogP contribution in [0.25, 0.3) is 0 Å². The van der Waals surface area contributed by atoms with Crippen LogP contribution < -0.4 is 10.4 Å². The third kappa shape index (κ3) is 1.93. The smallest absolute Gasteiger partial charge is 0.230 e. The highest BCUT2D eigenvalue weighted by atomic mass is 16.5. The van der Waals surface area contributed by atoms with Crippen LogP contribution in [0.1, 0.15) is 12.2 Å². The molecule has 2 aliphatic carbocycles. The lowest BCUT2D eigenvalue weighted by molar-refractivity contribution is -0.313. The maximum Gasteiger partial charge on any atom is 0.230 e. The standard InChI is InChI=1S/C13H14N2O4/c1-6-4-9(15-19-6)14-12(16)10-7-2-3-8(5-7)11(10)13(17)18/h2-4,7-8,10-11H,5H2,1H3,(H,17,18)(H,14,15,16)/p-1/t7-,8-,10-,11-/m0/s1. The highest BCUT2D eigenvalue weighted by Gasteiger charge is 2.48. The number of hydrogen-bond acceptors (Lipinski definition) is 5. The minimum atomic E-state index is -1.16. The third-order valence-corrected chi connectivity index (χ3v) is 3.91. The highest BCUT2D eigenvalue weighted by molar-refractivity contribution is 5.95. The summed E-state index contributed by atoms with van der Waals surface area (Å²) in [5.74, 6) is -2.05. The Hall–Kier alpha value is -2.11. The lowest BCUT2D eigenvalue weighted by Crippen LogP contribution is -2.42. The molecule has 6 nitrogen and oxygen atoms in total. The van der Waals surface area contributed by atoms with Gasteiger partial charge in [0.05, 0.1) is 5.92 Å². The zero-order valence-electron chi connectivity index (χ0n) is 10.3. The van der Waals surface area contributed by atoms with Crippen LogP contribution in [-0.4, -0.2) is 17.0 Å². The Morgan fingerprint density at radius 1 is 1.37 bits per heavy atom. The van der Waals surface area contributed by atoms with Crippen LogP contribution in [0.3, 0.4) is 0 Å². The van der Waals surface area contributed by atoms with Crippen molar-refractivity contribution in [1.82, 2.24) is 5.16 Å². The molecule has 0 saturated heterocycles. The van der Waals surface area contributed by atoms with Gasteiger partial charge in [0.1, 0.15) is 5.76 Å². The van der Waals surface area contributed by atoms with E-state index in [1.807, 2.05) is 12.2 Å². The van der Waals surface area contributed by atoms with E-state index in [9.17, 15) is 14.7 Å². The van der Waals surface area contributed by atoms with Crippen molar-refractivity contribution < 1.29 is 19.2 Å². The van der Waals surface area contributed by atoms with E-state index in [0.717, 1.165) is 0 Å². The number of aryl methyl sites for hydroxylation is 1. The summed E-state index contributed by atoms with van der Waals surface area (Å²) >= 11 is 0. The SMILES string of the molecule is Cc1cc(NC(=O)[C@@H]2[C@@H](C(=O)[O-])[C@H]3C=C[C@H]2C3)no1. The number of nitrogens with zero attached hydrogens (tertiary/aromatic N) is 1. The summed E-state index contributed by atoms with van der Waals surface area (Å²) in [4.78, 5) is 23.4. The number of rotatable bonds is 3. The first-order valence-corrected chi connectivity index (χ1v) is 6.19. The summed E-state index contributed by atoms with van der Waals surface area (Å²) in [7, 11) is 0. The summed E-state index contributed by atoms with van der Waals surface area (Å²) in [6.07, 6.45) is 4.49. The predicted octanol–water partition coefficient (Wildman–Crippen LogP) is 0.110. The van der Waals surface area contributed by atoms with Gasteiger partial charge in [0, 0.05) is 18.0 Å². The fourth-order valence-corrected chi connectivity index (χ4v) is 3.14. The topological polar surface area (TPSA) is 95.3 Å². The summed E-state index contributed by atoms with van der Waals surface area (Å²) in [5.41, 5.74) is 0. The summed E-state index contributed by atoms with van der Waals surface area (Å²) in [5, 5.41) is 17.5. The number of anilines is 1. The van der Waals surface area contributed by atoms with Crippen molar-refractivity contribution >= 4 is 17.7 Å². The monoisotopic (exact) mass is 261 g/mol. The molecule has 1 fully saturated rings. The van der Waals surface area contributed by atoms with Gasteiger partial charge in [0.25, 0.3) is 0 Å². The van der Waals surface area contributed by atoms with Crippen molar-refractivity contribution in [2.24, 2.45) is 23.7 Å². The molecule has 1 aromatic heterocycles. The molecular weight excluding hydrogens is 248 g/mol. The summed E-state index contributed by atoms with van der Waals surface area (Å²) < 4.78 is 4.86. The fraction of sp³-hybridized carbons (Fsp3) is 0.462. The number of carboxylic acids is 1. The Kier molecular flexibility index (Phi) is 2.66. The van der Waals surface area contributed by atoms with Gasteiger partial charge in [-0.3, -0.25) is 4.79 Å². The van der Waals surface area contributed by atoms with Crippen LogP contribution in [0.4, 0.5) is 5.82 Å². The van der Waals surface area contributed by atoms with Crippen LogP contribution in [0.2, 0.25) is 0 Å². The van der Waals surface area contributed by atoms with E-state index in [0.29, 0.717) is 18.0 Å². The van der Waals surface area contributed by atoms with E-state index in [1.165, 1.54) is 0 Å². The maximum absolute atomic E-state index is 12.2. The molecule has 0 spiro atoms. The molecule has 1 N–H and O–H groups in total. The lowest BCUT2D eigenvalue weighted by Gasteiger charge is -2.27.